The molecule has 3 heteroatoms. The first-order valence-electron chi connectivity index (χ1n) is 25.5. The van der Waals surface area contributed by atoms with E-state index in [1.54, 1.807) is 0 Å². The van der Waals surface area contributed by atoms with E-state index in [1.807, 2.05) is 0 Å². The van der Waals surface area contributed by atoms with Crippen LogP contribution in [0.3, 0.4) is 0 Å². The number of rotatable bonds is 5. The summed E-state index contributed by atoms with van der Waals surface area (Å²) >= 11 is 0. The van der Waals surface area contributed by atoms with Gasteiger partial charge in [-0.2, -0.15) is 0 Å². The molecule has 0 spiro atoms. The van der Waals surface area contributed by atoms with Gasteiger partial charge in [0.05, 0.1) is 0 Å². The highest BCUT2D eigenvalue weighted by atomic mass is 15.2. The maximum atomic E-state index is 2.71. The Labute approximate surface area is 412 Å². The van der Waals surface area contributed by atoms with Gasteiger partial charge < -0.3 is 9.71 Å². The lowest BCUT2D eigenvalue weighted by Crippen LogP contribution is -2.62. The second-order valence-corrected chi connectivity index (χ2v) is 23.6. The fourth-order valence-electron chi connectivity index (χ4n) is 13.0. The zero-order valence-electron chi connectivity index (χ0n) is 42.4. The molecule has 69 heavy (non-hydrogen) atoms. The van der Waals surface area contributed by atoms with Gasteiger partial charge in [-0.1, -0.05) is 165 Å². The molecule has 12 rings (SSSR count). The molecular formula is C66H65BN2. The van der Waals surface area contributed by atoms with Crippen LogP contribution in [-0.4, -0.2) is 6.85 Å². The molecule has 0 unspecified atom stereocenters. The smallest absolute Gasteiger partial charge is 0.333 e. The molecule has 0 bridgehead atoms. The first-order valence-corrected chi connectivity index (χ1v) is 25.5. The second kappa shape index (κ2) is 15.5. The zero-order chi connectivity index (χ0) is 47.8. The van der Waals surface area contributed by atoms with Crippen molar-refractivity contribution in [3.05, 3.63) is 197 Å². The van der Waals surface area contributed by atoms with Gasteiger partial charge in [0.15, 0.2) is 0 Å². The van der Waals surface area contributed by atoms with E-state index >= 15 is 0 Å². The molecule has 0 amide bonds. The summed E-state index contributed by atoms with van der Waals surface area (Å²) in [5.74, 6) is 0. The summed E-state index contributed by atoms with van der Waals surface area (Å²) < 4.78 is 0. The molecular weight excluding hydrogens is 832 g/mol. The van der Waals surface area contributed by atoms with Crippen LogP contribution in [0.1, 0.15) is 114 Å². The molecule has 8 aromatic carbocycles. The van der Waals surface area contributed by atoms with Gasteiger partial charge in [-0.15, -0.1) is 0 Å². The molecule has 0 saturated heterocycles. The van der Waals surface area contributed by atoms with Crippen LogP contribution in [0.5, 0.6) is 0 Å². The summed E-state index contributed by atoms with van der Waals surface area (Å²) in [5, 5.41) is 0. The highest BCUT2D eigenvalue weighted by molar-refractivity contribution is 6.93. The molecule has 0 saturated carbocycles. The zero-order valence-corrected chi connectivity index (χ0v) is 42.4. The van der Waals surface area contributed by atoms with Crippen molar-refractivity contribution in [1.82, 2.24) is 0 Å². The minimum atomic E-state index is -0.0925. The average molecular weight is 897 g/mol. The lowest BCUT2D eigenvalue weighted by Gasteiger charge is -2.49. The van der Waals surface area contributed by atoms with Crippen molar-refractivity contribution in [3.63, 3.8) is 0 Å². The number of hydrogen-bond acceptors (Lipinski definition) is 2. The van der Waals surface area contributed by atoms with Crippen LogP contribution in [0.25, 0.3) is 44.5 Å². The summed E-state index contributed by atoms with van der Waals surface area (Å²) in [6.45, 7) is 24.3. The van der Waals surface area contributed by atoms with E-state index in [9.17, 15) is 0 Å². The largest absolute Gasteiger partial charge is 0.376 e. The molecule has 342 valence electrons. The van der Waals surface area contributed by atoms with Crippen LogP contribution in [0.15, 0.2) is 164 Å². The average Bonchev–Trinajstić information content (AvgIpc) is 3.34. The lowest BCUT2D eigenvalue weighted by atomic mass is 9.42. The van der Waals surface area contributed by atoms with E-state index in [-0.39, 0.29) is 28.5 Å². The van der Waals surface area contributed by atoms with Crippen molar-refractivity contribution in [2.24, 2.45) is 0 Å². The first kappa shape index (κ1) is 43.7. The number of anilines is 5. The first-order chi connectivity index (χ1) is 33.0. The Morgan fingerprint density at radius 3 is 1.51 bits per heavy atom. The standard InChI is InChI=1S/C66H65BN2/c1-42-18-17-19-43(2)61(42)48-37-52-51-36-47(45-22-15-12-16-23-45)26-31-58(51)69(49-27-24-46(25-28-49)44-20-13-11-14-21-44)67-57-40-55-56(66(9,10)35-34-65(55,7)8)41-59(57)68(60(38-48)62(52)67)50-29-30-53-54(39-50)64(5,6)33-32-63(53,3)4/h11-31,36-41H,32-35H2,1-10H3. The van der Waals surface area contributed by atoms with E-state index in [0.29, 0.717) is 0 Å². The topological polar surface area (TPSA) is 6.48 Å². The molecule has 8 aromatic rings. The maximum absolute atomic E-state index is 2.71. The predicted molar refractivity (Wildman–Crippen MR) is 297 cm³/mol. The number of benzene rings is 8. The fraction of sp³-hybridized carbons (Fsp3) is 0.273. The van der Waals surface area contributed by atoms with Crippen LogP contribution >= 0.6 is 0 Å². The SMILES string of the molecule is Cc1cccc(C)c1-c1cc2c3c(c1)N(c1ccc4c(c1)C(C)(C)CCC4(C)C)c1cc4c(cc1B3N(c1ccc(-c3ccccc3)cc1)c1ccc(-c3ccccc3)cc1-2)C(C)(C)CCC4(C)C. The van der Waals surface area contributed by atoms with Gasteiger partial charge in [0.2, 0.25) is 0 Å². The molecule has 0 radical (unpaired) electrons. The molecule has 2 aliphatic heterocycles. The third kappa shape index (κ3) is 6.89. The summed E-state index contributed by atoms with van der Waals surface area (Å²) in [6, 6.07) is 63.2. The quantitative estimate of drug-likeness (QED) is 0.159. The predicted octanol–water partition coefficient (Wildman–Crippen LogP) is 16.7. The molecule has 2 aliphatic carbocycles. The Morgan fingerprint density at radius 1 is 0.377 bits per heavy atom. The third-order valence-corrected chi connectivity index (χ3v) is 17.2. The Kier molecular flexibility index (Phi) is 9.79. The van der Waals surface area contributed by atoms with Crippen LogP contribution in [0, 0.1) is 13.8 Å². The van der Waals surface area contributed by atoms with Gasteiger partial charge in [0.1, 0.15) is 0 Å². The van der Waals surface area contributed by atoms with Crippen LogP contribution in [0.4, 0.5) is 28.4 Å². The van der Waals surface area contributed by atoms with Crippen molar-refractivity contribution in [1.29, 1.82) is 0 Å². The van der Waals surface area contributed by atoms with Crippen molar-refractivity contribution in [2.75, 3.05) is 9.71 Å². The van der Waals surface area contributed by atoms with E-state index < -0.39 is 0 Å². The van der Waals surface area contributed by atoms with E-state index in [1.165, 1.54) is 130 Å². The lowest BCUT2D eigenvalue weighted by molar-refractivity contribution is 0.332. The Morgan fingerprint density at radius 2 is 0.884 bits per heavy atom. The number of fused-ring (bicyclic) bond motifs is 6. The summed E-state index contributed by atoms with van der Waals surface area (Å²) in [4.78, 5) is 5.41. The Hall–Kier alpha value is -6.58. The van der Waals surface area contributed by atoms with Gasteiger partial charge in [-0.25, -0.2) is 0 Å². The van der Waals surface area contributed by atoms with Gasteiger partial charge in [-0.3, -0.25) is 0 Å². The number of aryl methyl sites for hydroxylation is 2. The van der Waals surface area contributed by atoms with Crippen LogP contribution in [0.2, 0.25) is 0 Å². The minimum Gasteiger partial charge on any atom is -0.376 e. The molecule has 2 heterocycles. The van der Waals surface area contributed by atoms with Gasteiger partial charge in [-0.05, 0) is 199 Å². The molecule has 0 aromatic heterocycles. The highest BCUT2D eigenvalue weighted by Crippen LogP contribution is 2.54. The van der Waals surface area contributed by atoms with Gasteiger partial charge >= 0.3 is 6.85 Å². The normalized spacial score (nSPS) is 17.6. The van der Waals surface area contributed by atoms with Gasteiger partial charge in [0.25, 0.3) is 0 Å². The molecule has 0 fully saturated rings. The van der Waals surface area contributed by atoms with Crippen molar-refractivity contribution in [2.45, 2.75) is 117 Å². The third-order valence-electron chi connectivity index (χ3n) is 17.2. The van der Waals surface area contributed by atoms with E-state index in [0.717, 1.165) is 12.8 Å². The van der Waals surface area contributed by atoms with Crippen molar-refractivity contribution < 1.29 is 0 Å². The molecule has 0 N–H and O–H groups in total. The van der Waals surface area contributed by atoms with Crippen LogP contribution in [-0.2, 0) is 21.7 Å². The van der Waals surface area contributed by atoms with Crippen molar-refractivity contribution >= 4 is 46.2 Å². The Balaban J connectivity index is 1.22. The van der Waals surface area contributed by atoms with E-state index in [2.05, 4.69) is 243 Å². The fourth-order valence-corrected chi connectivity index (χ4v) is 13.0. The number of nitrogens with zero attached hydrogens (tertiary/aromatic N) is 2. The van der Waals surface area contributed by atoms with Crippen LogP contribution < -0.4 is 20.6 Å². The van der Waals surface area contributed by atoms with Gasteiger partial charge in [0, 0.05) is 34.0 Å². The minimum absolute atomic E-state index is 0.0267. The van der Waals surface area contributed by atoms with E-state index in [4.69, 9.17) is 0 Å². The maximum Gasteiger partial charge on any atom is 0.333 e. The highest BCUT2D eigenvalue weighted by Gasteiger charge is 2.48. The summed E-state index contributed by atoms with van der Waals surface area (Å²) in [7, 11) is 0. The second-order valence-electron chi connectivity index (χ2n) is 23.6. The summed E-state index contributed by atoms with van der Waals surface area (Å²) in [5.41, 5.74) is 27.8. The molecule has 0 atom stereocenters. The van der Waals surface area contributed by atoms with Crippen molar-refractivity contribution in [3.8, 4) is 44.5 Å². The number of hydrogen-bond donors (Lipinski definition) is 0. The Bertz CT molecular complexity index is 3340. The molecule has 4 aliphatic rings. The monoisotopic (exact) mass is 897 g/mol. The summed E-state index contributed by atoms with van der Waals surface area (Å²) in [6.07, 6.45) is 4.68. The molecule has 2 nitrogen and oxygen atoms in total.